The second-order valence-corrected chi connectivity index (χ2v) is 6.06. The Morgan fingerprint density at radius 3 is 2.65 bits per heavy atom. The molecule has 0 radical (unpaired) electrons. The first-order valence-corrected chi connectivity index (χ1v) is 8.09. The highest BCUT2D eigenvalue weighted by Gasteiger charge is 2.25. The van der Waals surface area contributed by atoms with Crippen LogP contribution in [0.3, 0.4) is 0 Å². The van der Waals surface area contributed by atoms with E-state index in [1.807, 2.05) is 30.7 Å². The first kappa shape index (κ1) is 14.2. The summed E-state index contributed by atoms with van der Waals surface area (Å²) in [5.41, 5.74) is 2.51. The summed E-state index contributed by atoms with van der Waals surface area (Å²) < 4.78 is 2.32. The van der Waals surface area contributed by atoms with Crippen molar-refractivity contribution in [3.8, 4) is 11.4 Å². The van der Waals surface area contributed by atoms with Gasteiger partial charge in [-0.15, -0.1) is 0 Å². The summed E-state index contributed by atoms with van der Waals surface area (Å²) >= 11 is 0. The molecular formula is C19H20N4. The number of rotatable bonds is 4. The Kier molecular flexibility index (Phi) is 3.90. The van der Waals surface area contributed by atoms with E-state index in [1.165, 1.54) is 12.0 Å². The third-order valence-electron chi connectivity index (χ3n) is 4.50. The number of pyridine rings is 1. The van der Waals surface area contributed by atoms with Crippen molar-refractivity contribution in [1.82, 2.24) is 19.4 Å². The number of hydrogen-bond donors (Lipinski definition) is 0. The van der Waals surface area contributed by atoms with Gasteiger partial charge in [0.25, 0.3) is 0 Å². The largest absolute Gasteiger partial charge is 0.327 e. The average molecular weight is 304 g/mol. The van der Waals surface area contributed by atoms with Crippen molar-refractivity contribution >= 4 is 0 Å². The van der Waals surface area contributed by atoms with E-state index < -0.39 is 0 Å². The van der Waals surface area contributed by atoms with Crippen molar-refractivity contribution in [3.05, 3.63) is 72.8 Å². The molecule has 3 aromatic rings. The molecule has 0 saturated carbocycles. The molecule has 116 valence electrons. The quantitative estimate of drug-likeness (QED) is 0.741. The van der Waals surface area contributed by atoms with E-state index >= 15 is 0 Å². The Morgan fingerprint density at radius 2 is 1.83 bits per heavy atom. The van der Waals surface area contributed by atoms with E-state index in [0.717, 1.165) is 31.0 Å². The highest BCUT2D eigenvalue weighted by atomic mass is 15.2. The molecule has 2 aromatic heterocycles. The molecule has 1 fully saturated rings. The van der Waals surface area contributed by atoms with Crippen LogP contribution in [0.1, 0.15) is 18.0 Å². The minimum absolute atomic E-state index is 0.490. The summed E-state index contributed by atoms with van der Waals surface area (Å²) in [4.78, 5) is 11.2. The maximum atomic E-state index is 4.56. The summed E-state index contributed by atoms with van der Waals surface area (Å²) in [7, 11) is 0. The van der Waals surface area contributed by atoms with Gasteiger partial charge in [0.2, 0.25) is 0 Å². The Hall–Kier alpha value is -2.46. The zero-order valence-corrected chi connectivity index (χ0v) is 13.0. The Labute approximate surface area is 136 Å². The highest BCUT2D eigenvalue weighted by Crippen LogP contribution is 2.28. The highest BCUT2D eigenvalue weighted by molar-refractivity contribution is 5.54. The molecule has 4 nitrogen and oxygen atoms in total. The van der Waals surface area contributed by atoms with Gasteiger partial charge in [-0.25, -0.2) is 4.98 Å². The molecule has 0 N–H and O–H groups in total. The van der Waals surface area contributed by atoms with Crippen LogP contribution < -0.4 is 0 Å². The number of imidazole rings is 1. The van der Waals surface area contributed by atoms with Gasteiger partial charge in [-0.05, 0) is 24.1 Å². The molecular weight excluding hydrogens is 284 g/mol. The molecule has 1 atom stereocenters. The van der Waals surface area contributed by atoms with Gasteiger partial charge in [0.05, 0.1) is 0 Å². The minimum Gasteiger partial charge on any atom is -0.327 e. The number of likely N-dealkylation sites (tertiary alicyclic amines) is 1. The van der Waals surface area contributed by atoms with Gasteiger partial charge in [0, 0.05) is 56.0 Å². The maximum Gasteiger partial charge on any atom is 0.140 e. The van der Waals surface area contributed by atoms with Crippen LogP contribution in [0.15, 0.2) is 67.3 Å². The van der Waals surface area contributed by atoms with Crippen LogP contribution in [-0.4, -0.2) is 32.5 Å². The topological polar surface area (TPSA) is 34.0 Å². The van der Waals surface area contributed by atoms with Crippen molar-refractivity contribution in [3.63, 3.8) is 0 Å². The monoisotopic (exact) mass is 304 g/mol. The number of benzene rings is 1. The zero-order valence-electron chi connectivity index (χ0n) is 13.0. The van der Waals surface area contributed by atoms with Gasteiger partial charge < -0.3 is 4.57 Å². The van der Waals surface area contributed by atoms with Crippen LogP contribution >= 0.6 is 0 Å². The van der Waals surface area contributed by atoms with Crippen LogP contribution in [0.2, 0.25) is 0 Å². The summed E-state index contributed by atoms with van der Waals surface area (Å²) in [6, 6.07) is 15.2. The molecule has 1 aliphatic heterocycles. The van der Waals surface area contributed by atoms with Crippen molar-refractivity contribution in [1.29, 1.82) is 0 Å². The van der Waals surface area contributed by atoms with Crippen molar-refractivity contribution in [2.75, 3.05) is 13.1 Å². The van der Waals surface area contributed by atoms with Crippen LogP contribution in [-0.2, 0) is 6.54 Å². The molecule has 1 aromatic carbocycles. The van der Waals surface area contributed by atoms with Crippen LogP contribution in [0.4, 0.5) is 0 Å². The number of hydrogen-bond acceptors (Lipinski definition) is 3. The third-order valence-corrected chi connectivity index (χ3v) is 4.50. The summed E-state index contributed by atoms with van der Waals surface area (Å²) in [5.74, 6) is 1.04. The average Bonchev–Trinajstić information content (AvgIpc) is 3.25. The van der Waals surface area contributed by atoms with Crippen LogP contribution in [0, 0.1) is 0 Å². The van der Waals surface area contributed by atoms with Gasteiger partial charge in [-0.3, -0.25) is 9.88 Å². The lowest BCUT2D eigenvalue weighted by molar-refractivity contribution is 0.316. The van der Waals surface area contributed by atoms with E-state index in [4.69, 9.17) is 0 Å². The van der Waals surface area contributed by atoms with Crippen molar-refractivity contribution in [2.45, 2.75) is 19.0 Å². The first-order chi connectivity index (χ1) is 11.4. The SMILES string of the molecule is c1ccc(CN2CCC(n3ccnc3-c3ccncc3)C2)cc1. The first-order valence-electron chi connectivity index (χ1n) is 8.09. The van der Waals surface area contributed by atoms with Gasteiger partial charge >= 0.3 is 0 Å². The van der Waals surface area contributed by atoms with E-state index in [1.54, 1.807) is 0 Å². The van der Waals surface area contributed by atoms with Gasteiger partial charge in [0.1, 0.15) is 5.82 Å². The second kappa shape index (κ2) is 6.34. The van der Waals surface area contributed by atoms with E-state index in [9.17, 15) is 0 Å². The predicted molar refractivity (Wildman–Crippen MR) is 90.8 cm³/mol. The molecule has 1 saturated heterocycles. The molecule has 3 heterocycles. The maximum absolute atomic E-state index is 4.56. The zero-order chi connectivity index (χ0) is 15.5. The Morgan fingerprint density at radius 1 is 1.00 bits per heavy atom. The predicted octanol–water partition coefficient (Wildman–Crippen LogP) is 3.39. The van der Waals surface area contributed by atoms with Crippen molar-refractivity contribution < 1.29 is 0 Å². The standard InChI is InChI=1S/C19H20N4/c1-2-4-16(5-3-1)14-22-12-8-18(15-22)23-13-11-21-19(23)17-6-9-20-10-7-17/h1-7,9-11,13,18H,8,12,14-15H2. The van der Waals surface area contributed by atoms with Crippen LogP contribution in [0.25, 0.3) is 11.4 Å². The van der Waals surface area contributed by atoms with Gasteiger partial charge in [-0.2, -0.15) is 0 Å². The Bertz CT molecular complexity index is 751. The minimum atomic E-state index is 0.490. The third kappa shape index (κ3) is 3.03. The fourth-order valence-corrected chi connectivity index (χ4v) is 3.36. The molecule has 4 heteroatoms. The summed E-state index contributed by atoms with van der Waals surface area (Å²) in [6.45, 7) is 3.23. The second-order valence-electron chi connectivity index (χ2n) is 6.06. The summed E-state index contributed by atoms with van der Waals surface area (Å²) in [5, 5.41) is 0. The molecule has 1 unspecified atom stereocenters. The smallest absolute Gasteiger partial charge is 0.140 e. The lowest BCUT2D eigenvalue weighted by atomic mass is 10.2. The normalized spacial score (nSPS) is 18.3. The Balaban J connectivity index is 1.50. The van der Waals surface area contributed by atoms with Gasteiger partial charge in [-0.1, -0.05) is 30.3 Å². The number of aromatic nitrogens is 3. The molecule has 0 bridgehead atoms. The molecule has 4 rings (SSSR count). The molecule has 0 amide bonds. The van der Waals surface area contributed by atoms with E-state index in [2.05, 4.69) is 56.0 Å². The van der Waals surface area contributed by atoms with E-state index in [-0.39, 0.29) is 0 Å². The molecule has 1 aliphatic rings. The lowest BCUT2D eigenvalue weighted by Crippen LogP contribution is -2.21. The van der Waals surface area contributed by atoms with Gasteiger partial charge in [0.15, 0.2) is 0 Å². The molecule has 0 aliphatic carbocycles. The molecule has 23 heavy (non-hydrogen) atoms. The van der Waals surface area contributed by atoms with E-state index in [0.29, 0.717) is 6.04 Å². The fourth-order valence-electron chi connectivity index (χ4n) is 3.36. The molecule has 0 spiro atoms. The lowest BCUT2D eigenvalue weighted by Gasteiger charge is -2.18. The van der Waals surface area contributed by atoms with Crippen LogP contribution in [0.5, 0.6) is 0 Å². The van der Waals surface area contributed by atoms with Crippen molar-refractivity contribution in [2.24, 2.45) is 0 Å². The summed E-state index contributed by atoms with van der Waals surface area (Å²) in [6.07, 6.45) is 8.82. The number of nitrogens with zero attached hydrogens (tertiary/aromatic N) is 4. The fraction of sp³-hybridized carbons (Fsp3) is 0.263.